The molecule has 0 radical (unpaired) electrons. The molecular weight excluding hydrogens is 211 g/mol. The number of hydrogen-bond donors (Lipinski definition) is 1. The summed E-state index contributed by atoms with van der Waals surface area (Å²) in [5.41, 5.74) is -0.909. The van der Waals surface area contributed by atoms with E-state index in [1.54, 1.807) is 13.8 Å². The summed E-state index contributed by atoms with van der Waals surface area (Å²) in [5, 5.41) is 9.26. The molecule has 3 nitrogen and oxygen atoms in total. The Morgan fingerprint density at radius 1 is 1.38 bits per heavy atom. The van der Waals surface area contributed by atoms with Gasteiger partial charge in [0.2, 0.25) is 0 Å². The maximum absolute atomic E-state index is 12.8. The molecule has 0 heterocycles. The van der Waals surface area contributed by atoms with Gasteiger partial charge in [-0.2, -0.15) is 0 Å². The minimum absolute atomic E-state index is 0.289. The van der Waals surface area contributed by atoms with E-state index in [4.69, 9.17) is 4.74 Å². The first-order valence-corrected chi connectivity index (χ1v) is 5.20. The third kappa shape index (κ3) is 2.22. The molecule has 0 aliphatic heterocycles. The predicted octanol–water partition coefficient (Wildman–Crippen LogP) is 2.55. The molecule has 0 spiro atoms. The van der Waals surface area contributed by atoms with Crippen LogP contribution in [0.2, 0.25) is 0 Å². The molecule has 0 saturated heterocycles. The molecule has 0 saturated carbocycles. The first kappa shape index (κ1) is 12.6. The predicted molar refractivity (Wildman–Crippen MR) is 57.6 cm³/mol. The van der Waals surface area contributed by atoms with Crippen LogP contribution < -0.4 is 0 Å². The molecule has 0 fully saturated rings. The lowest BCUT2D eigenvalue weighted by molar-refractivity contribution is -0.168. The van der Waals surface area contributed by atoms with Gasteiger partial charge in [-0.3, -0.25) is 0 Å². The van der Waals surface area contributed by atoms with Gasteiger partial charge in [0.1, 0.15) is 5.82 Å². The molecule has 1 rings (SSSR count). The van der Waals surface area contributed by atoms with Crippen molar-refractivity contribution in [2.75, 3.05) is 6.61 Å². The first-order valence-electron chi connectivity index (χ1n) is 5.20. The number of benzene rings is 1. The Kier molecular flexibility index (Phi) is 4.01. The number of rotatable bonds is 5. The first-order chi connectivity index (χ1) is 7.56. The van der Waals surface area contributed by atoms with Crippen LogP contribution in [0.4, 0.5) is 4.39 Å². The highest BCUT2D eigenvalue weighted by Crippen LogP contribution is 2.30. The SMILES string of the molecule is CCOC(CC)(C(=O)O)c1ccc(F)cc1. The average molecular weight is 226 g/mol. The second-order valence-corrected chi connectivity index (χ2v) is 3.43. The highest BCUT2D eigenvalue weighted by Gasteiger charge is 2.39. The second kappa shape index (κ2) is 5.07. The minimum Gasteiger partial charge on any atom is -0.479 e. The molecule has 1 N–H and O–H groups in total. The largest absolute Gasteiger partial charge is 0.479 e. The number of carboxylic acids is 1. The number of hydrogen-bond acceptors (Lipinski definition) is 2. The van der Waals surface area contributed by atoms with E-state index < -0.39 is 17.4 Å². The maximum atomic E-state index is 12.8. The Balaban J connectivity index is 3.18. The van der Waals surface area contributed by atoms with Crippen molar-refractivity contribution in [3.63, 3.8) is 0 Å². The van der Waals surface area contributed by atoms with Gasteiger partial charge < -0.3 is 9.84 Å². The van der Waals surface area contributed by atoms with Crippen molar-refractivity contribution < 1.29 is 19.0 Å². The van der Waals surface area contributed by atoms with Gasteiger partial charge in [0.05, 0.1) is 0 Å². The molecule has 1 aromatic carbocycles. The molecule has 1 aromatic rings. The summed E-state index contributed by atoms with van der Waals surface area (Å²) in [4.78, 5) is 11.3. The van der Waals surface area contributed by atoms with Crippen LogP contribution in [0.15, 0.2) is 24.3 Å². The second-order valence-electron chi connectivity index (χ2n) is 3.43. The molecule has 0 aromatic heterocycles. The zero-order valence-electron chi connectivity index (χ0n) is 9.37. The van der Waals surface area contributed by atoms with Gasteiger partial charge in [-0.1, -0.05) is 19.1 Å². The standard InChI is InChI=1S/C12H15FO3/c1-3-12(11(14)15,16-4-2)9-5-7-10(13)8-6-9/h5-8H,3-4H2,1-2H3,(H,14,15). The smallest absolute Gasteiger partial charge is 0.340 e. The Hall–Kier alpha value is -1.42. The summed E-state index contributed by atoms with van der Waals surface area (Å²) >= 11 is 0. The van der Waals surface area contributed by atoms with Crippen LogP contribution in [-0.2, 0) is 15.1 Å². The van der Waals surface area contributed by atoms with Crippen molar-refractivity contribution in [3.05, 3.63) is 35.6 Å². The number of carbonyl (C=O) groups is 1. The fraction of sp³-hybridized carbons (Fsp3) is 0.417. The monoisotopic (exact) mass is 226 g/mol. The van der Waals surface area contributed by atoms with E-state index >= 15 is 0 Å². The normalized spacial score (nSPS) is 14.4. The van der Waals surface area contributed by atoms with Crippen molar-refractivity contribution in [2.24, 2.45) is 0 Å². The lowest BCUT2D eigenvalue weighted by atomic mass is 9.91. The summed E-state index contributed by atoms with van der Waals surface area (Å²) in [7, 11) is 0. The van der Waals surface area contributed by atoms with Gasteiger partial charge in [0.25, 0.3) is 0 Å². The molecule has 1 unspecified atom stereocenters. The van der Waals surface area contributed by atoms with E-state index in [1.807, 2.05) is 0 Å². The molecule has 0 aliphatic rings. The van der Waals surface area contributed by atoms with Gasteiger partial charge in [-0.05, 0) is 31.0 Å². The quantitative estimate of drug-likeness (QED) is 0.839. The van der Waals surface area contributed by atoms with Crippen molar-refractivity contribution in [1.82, 2.24) is 0 Å². The van der Waals surface area contributed by atoms with Crippen LogP contribution in [-0.4, -0.2) is 17.7 Å². The average Bonchev–Trinajstić information content (AvgIpc) is 2.27. The van der Waals surface area contributed by atoms with Crippen LogP contribution in [0.1, 0.15) is 25.8 Å². The number of ether oxygens (including phenoxy) is 1. The number of halogens is 1. The lowest BCUT2D eigenvalue weighted by Crippen LogP contribution is -2.38. The van der Waals surface area contributed by atoms with Crippen LogP contribution >= 0.6 is 0 Å². The Labute approximate surface area is 93.9 Å². The molecule has 1 atom stereocenters. The Morgan fingerprint density at radius 3 is 2.31 bits per heavy atom. The third-order valence-electron chi connectivity index (χ3n) is 2.54. The van der Waals surface area contributed by atoms with Crippen LogP contribution in [0.5, 0.6) is 0 Å². The van der Waals surface area contributed by atoms with Gasteiger partial charge in [0, 0.05) is 6.61 Å². The van der Waals surface area contributed by atoms with Crippen LogP contribution in [0, 0.1) is 5.82 Å². The van der Waals surface area contributed by atoms with E-state index in [2.05, 4.69) is 0 Å². The Morgan fingerprint density at radius 2 is 1.94 bits per heavy atom. The van der Waals surface area contributed by atoms with Crippen LogP contribution in [0.3, 0.4) is 0 Å². The van der Waals surface area contributed by atoms with E-state index in [0.29, 0.717) is 12.0 Å². The van der Waals surface area contributed by atoms with Crippen molar-refractivity contribution >= 4 is 5.97 Å². The van der Waals surface area contributed by atoms with E-state index in [-0.39, 0.29) is 6.61 Å². The molecule has 0 amide bonds. The summed E-state index contributed by atoms with van der Waals surface area (Å²) in [6, 6.07) is 5.37. The summed E-state index contributed by atoms with van der Waals surface area (Å²) in [6.07, 6.45) is 0.293. The van der Waals surface area contributed by atoms with Crippen molar-refractivity contribution in [1.29, 1.82) is 0 Å². The molecule has 0 bridgehead atoms. The molecule has 16 heavy (non-hydrogen) atoms. The topological polar surface area (TPSA) is 46.5 Å². The zero-order valence-corrected chi connectivity index (χ0v) is 9.37. The van der Waals surface area contributed by atoms with Crippen molar-refractivity contribution in [2.45, 2.75) is 25.9 Å². The lowest BCUT2D eigenvalue weighted by Gasteiger charge is -2.28. The highest BCUT2D eigenvalue weighted by atomic mass is 19.1. The number of aliphatic carboxylic acids is 1. The van der Waals surface area contributed by atoms with E-state index in [1.165, 1.54) is 24.3 Å². The fourth-order valence-electron chi connectivity index (χ4n) is 1.69. The third-order valence-corrected chi connectivity index (χ3v) is 2.54. The number of carboxylic acid groups (broad SMARTS) is 1. The molecule has 0 aliphatic carbocycles. The summed E-state index contributed by atoms with van der Waals surface area (Å²) in [6.45, 7) is 3.75. The summed E-state index contributed by atoms with van der Waals surface area (Å²) < 4.78 is 18.1. The van der Waals surface area contributed by atoms with E-state index in [9.17, 15) is 14.3 Å². The molecular formula is C12H15FO3. The van der Waals surface area contributed by atoms with E-state index in [0.717, 1.165) is 0 Å². The maximum Gasteiger partial charge on any atom is 0.340 e. The van der Waals surface area contributed by atoms with Gasteiger partial charge in [-0.25, -0.2) is 9.18 Å². The minimum atomic E-state index is -1.37. The summed E-state index contributed by atoms with van der Waals surface area (Å²) in [5.74, 6) is -1.45. The molecule has 4 heteroatoms. The van der Waals surface area contributed by atoms with Gasteiger partial charge in [0.15, 0.2) is 5.60 Å². The highest BCUT2D eigenvalue weighted by molar-refractivity contribution is 5.79. The van der Waals surface area contributed by atoms with Gasteiger partial charge >= 0.3 is 5.97 Å². The van der Waals surface area contributed by atoms with Gasteiger partial charge in [-0.15, -0.1) is 0 Å². The zero-order chi connectivity index (χ0) is 12.2. The van der Waals surface area contributed by atoms with Crippen LogP contribution in [0.25, 0.3) is 0 Å². The van der Waals surface area contributed by atoms with Crippen molar-refractivity contribution in [3.8, 4) is 0 Å². The molecule has 88 valence electrons. The fourth-order valence-corrected chi connectivity index (χ4v) is 1.69. The Bertz CT molecular complexity index is 361.